The average molecular weight is 320 g/mol. The molecular formula is C17H24N2O4. The first-order valence-corrected chi connectivity index (χ1v) is 8.11. The van der Waals surface area contributed by atoms with Gasteiger partial charge in [-0.15, -0.1) is 0 Å². The van der Waals surface area contributed by atoms with Gasteiger partial charge in [0, 0.05) is 12.2 Å². The van der Waals surface area contributed by atoms with Crippen molar-refractivity contribution in [3.05, 3.63) is 29.8 Å². The molecule has 0 spiro atoms. The normalized spacial score (nSPS) is 17.1. The van der Waals surface area contributed by atoms with Crippen LogP contribution in [0.1, 0.15) is 43.0 Å². The molecule has 0 radical (unpaired) electrons. The van der Waals surface area contributed by atoms with Crippen molar-refractivity contribution in [2.45, 2.75) is 38.6 Å². The van der Waals surface area contributed by atoms with E-state index >= 15 is 0 Å². The van der Waals surface area contributed by atoms with Crippen molar-refractivity contribution in [3.8, 4) is 0 Å². The molecule has 1 heterocycles. The number of carbonyl (C=O) groups excluding carboxylic acids is 2. The van der Waals surface area contributed by atoms with Gasteiger partial charge in [-0.2, -0.15) is 0 Å². The van der Waals surface area contributed by atoms with E-state index in [0.29, 0.717) is 24.4 Å². The van der Waals surface area contributed by atoms with Crippen LogP contribution in [0.3, 0.4) is 0 Å². The van der Waals surface area contributed by atoms with E-state index in [1.807, 2.05) is 6.92 Å². The van der Waals surface area contributed by atoms with Gasteiger partial charge in [-0.25, -0.2) is 9.59 Å². The van der Waals surface area contributed by atoms with Crippen molar-refractivity contribution in [2.24, 2.45) is 0 Å². The molecular weight excluding hydrogens is 296 g/mol. The number of hydrogen-bond donors (Lipinski definition) is 2. The topological polar surface area (TPSA) is 78.9 Å². The summed E-state index contributed by atoms with van der Waals surface area (Å²) in [4.78, 5) is 25.6. The van der Waals surface area contributed by atoms with Crippen LogP contribution in [0.2, 0.25) is 0 Å². The van der Waals surface area contributed by atoms with Gasteiger partial charge in [0.25, 0.3) is 0 Å². The van der Waals surface area contributed by atoms with E-state index in [1.54, 1.807) is 29.2 Å². The Bertz CT molecular complexity index is 530. The number of aliphatic hydroxyl groups is 1. The van der Waals surface area contributed by atoms with Gasteiger partial charge in [0.05, 0.1) is 24.8 Å². The van der Waals surface area contributed by atoms with Crippen LogP contribution >= 0.6 is 0 Å². The van der Waals surface area contributed by atoms with Crippen molar-refractivity contribution >= 4 is 17.7 Å². The molecule has 126 valence electrons. The predicted octanol–water partition coefficient (Wildman–Crippen LogP) is 2.63. The minimum atomic E-state index is -0.351. The second-order valence-electron chi connectivity index (χ2n) is 5.67. The lowest BCUT2D eigenvalue weighted by Gasteiger charge is -2.23. The van der Waals surface area contributed by atoms with Crippen LogP contribution in [-0.4, -0.2) is 47.8 Å². The molecule has 0 aliphatic carbocycles. The van der Waals surface area contributed by atoms with Crippen molar-refractivity contribution < 1.29 is 19.4 Å². The Morgan fingerprint density at radius 2 is 2.09 bits per heavy atom. The second-order valence-corrected chi connectivity index (χ2v) is 5.67. The van der Waals surface area contributed by atoms with Crippen LogP contribution in [-0.2, 0) is 4.74 Å². The fourth-order valence-electron chi connectivity index (χ4n) is 2.57. The van der Waals surface area contributed by atoms with Crippen molar-refractivity contribution in [3.63, 3.8) is 0 Å². The fraction of sp³-hybridized carbons (Fsp3) is 0.529. The maximum absolute atomic E-state index is 12.2. The number of carbonyl (C=O) groups is 2. The van der Waals surface area contributed by atoms with Crippen LogP contribution in [0.4, 0.5) is 10.5 Å². The fourth-order valence-corrected chi connectivity index (χ4v) is 2.57. The highest BCUT2D eigenvalue weighted by molar-refractivity contribution is 5.92. The van der Waals surface area contributed by atoms with Gasteiger partial charge in [-0.05, 0) is 43.5 Å². The maximum atomic E-state index is 12.2. The molecule has 1 atom stereocenters. The summed E-state index contributed by atoms with van der Waals surface area (Å²) in [5, 5.41) is 12.1. The quantitative estimate of drug-likeness (QED) is 0.624. The van der Waals surface area contributed by atoms with Gasteiger partial charge in [-0.3, -0.25) is 0 Å². The highest BCUT2D eigenvalue weighted by atomic mass is 16.5. The number of ether oxygens (including phenoxy) is 1. The summed E-state index contributed by atoms with van der Waals surface area (Å²) in [6, 6.07) is 6.30. The average Bonchev–Trinajstić information content (AvgIpc) is 3.04. The molecule has 1 saturated heterocycles. The minimum Gasteiger partial charge on any atom is -0.462 e. The number of amides is 2. The Morgan fingerprint density at radius 3 is 2.74 bits per heavy atom. The van der Waals surface area contributed by atoms with Crippen molar-refractivity contribution in [2.75, 3.05) is 25.1 Å². The van der Waals surface area contributed by atoms with Crippen LogP contribution in [0.5, 0.6) is 0 Å². The highest BCUT2D eigenvalue weighted by Gasteiger charge is 2.27. The lowest BCUT2D eigenvalue weighted by atomic mass is 10.2. The number of esters is 1. The summed E-state index contributed by atoms with van der Waals surface area (Å²) >= 11 is 0. The molecule has 2 N–H and O–H groups in total. The zero-order valence-electron chi connectivity index (χ0n) is 13.5. The van der Waals surface area contributed by atoms with Crippen molar-refractivity contribution in [1.82, 2.24) is 4.90 Å². The zero-order valence-corrected chi connectivity index (χ0v) is 13.5. The Balaban J connectivity index is 1.89. The molecule has 6 heteroatoms. The second kappa shape index (κ2) is 8.53. The lowest BCUT2D eigenvalue weighted by Crippen LogP contribution is -2.40. The molecule has 0 unspecified atom stereocenters. The molecule has 1 aliphatic rings. The Hall–Kier alpha value is -2.08. The molecule has 0 bridgehead atoms. The third kappa shape index (κ3) is 4.69. The number of nitrogens with one attached hydrogen (secondary N) is 1. The first kappa shape index (κ1) is 17.3. The number of likely N-dealkylation sites (tertiary alicyclic amines) is 1. The third-order valence-electron chi connectivity index (χ3n) is 3.95. The maximum Gasteiger partial charge on any atom is 0.338 e. The van der Waals surface area contributed by atoms with Crippen LogP contribution in [0.15, 0.2) is 24.3 Å². The SMILES string of the molecule is CCCCOC(=O)c1ccc(NC(=O)N2CCC[C@@H]2CO)cc1. The first-order chi connectivity index (χ1) is 11.2. The summed E-state index contributed by atoms with van der Waals surface area (Å²) in [7, 11) is 0. The monoisotopic (exact) mass is 320 g/mol. The Morgan fingerprint density at radius 1 is 1.35 bits per heavy atom. The number of nitrogens with zero attached hydrogens (tertiary/aromatic N) is 1. The van der Waals surface area contributed by atoms with Gasteiger partial charge < -0.3 is 20.1 Å². The number of aliphatic hydroxyl groups excluding tert-OH is 1. The van der Waals surface area contributed by atoms with E-state index in [4.69, 9.17) is 4.74 Å². The number of hydrogen-bond acceptors (Lipinski definition) is 4. The Kier molecular flexibility index (Phi) is 6.40. The molecule has 1 aromatic rings. The number of anilines is 1. The lowest BCUT2D eigenvalue weighted by molar-refractivity contribution is 0.0500. The number of urea groups is 1. The van der Waals surface area contributed by atoms with Gasteiger partial charge in [-0.1, -0.05) is 13.3 Å². The Labute approximate surface area is 136 Å². The van der Waals surface area contributed by atoms with Crippen LogP contribution in [0, 0.1) is 0 Å². The number of rotatable bonds is 6. The number of unbranched alkanes of at least 4 members (excludes halogenated alkanes) is 1. The molecule has 2 rings (SSSR count). The van der Waals surface area contributed by atoms with E-state index < -0.39 is 0 Å². The summed E-state index contributed by atoms with van der Waals surface area (Å²) in [6.45, 7) is 3.09. The molecule has 2 amide bonds. The van der Waals surface area contributed by atoms with E-state index in [9.17, 15) is 14.7 Å². The third-order valence-corrected chi connectivity index (χ3v) is 3.95. The standard InChI is InChI=1S/C17H24N2O4/c1-2-3-11-23-16(21)13-6-8-14(9-7-13)18-17(22)19-10-4-5-15(19)12-20/h6-9,15,20H,2-5,10-12H2,1H3,(H,18,22)/t15-/m1/s1. The molecule has 1 fully saturated rings. The molecule has 0 aromatic heterocycles. The van der Waals surface area contributed by atoms with Gasteiger partial charge in [0.2, 0.25) is 0 Å². The molecule has 6 nitrogen and oxygen atoms in total. The highest BCUT2D eigenvalue weighted by Crippen LogP contribution is 2.19. The smallest absolute Gasteiger partial charge is 0.338 e. The summed E-state index contributed by atoms with van der Waals surface area (Å²) < 4.78 is 5.14. The van der Waals surface area contributed by atoms with Gasteiger partial charge in [0.15, 0.2) is 0 Å². The minimum absolute atomic E-state index is 0.0179. The zero-order chi connectivity index (χ0) is 16.7. The molecule has 1 aromatic carbocycles. The molecule has 1 aliphatic heterocycles. The van der Waals surface area contributed by atoms with Crippen LogP contribution < -0.4 is 5.32 Å². The molecule has 0 saturated carbocycles. The van der Waals surface area contributed by atoms with Crippen molar-refractivity contribution in [1.29, 1.82) is 0 Å². The molecule has 23 heavy (non-hydrogen) atoms. The van der Waals surface area contributed by atoms with E-state index in [0.717, 1.165) is 25.7 Å². The summed E-state index contributed by atoms with van der Waals surface area (Å²) in [5.41, 5.74) is 1.08. The van der Waals surface area contributed by atoms with Crippen LogP contribution in [0.25, 0.3) is 0 Å². The largest absolute Gasteiger partial charge is 0.462 e. The van der Waals surface area contributed by atoms with E-state index in [-0.39, 0.29) is 24.6 Å². The summed E-state index contributed by atoms with van der Waals surface area (Å²) in [5.74, 6) is -0.351. The number of benzene rings is 1. The van der Waals surface area contributed by atoms with E-state index in [2.05, 4.69) is 5.32 Å². The predicted molar refractivity (Wildman–Crippen MR) is 87.5 cm³/mol. The first-order valence-electron chi connectivity index (χ1n) is 8.11. The van der Waals surface area contributed by atoms with E-state index in [1.165, 1.54) is 0 Å². The summed E-state index contributed by atoms with van der Waals surface area (Å²) in [6.07, 6.45) is 3.55. The van der Waals surface area contributed by atoms with Gasteiger partial charge >= 0.3 is 12.0 Å². The van der Waals surface area contributed by atoms with Gasteiger partial charge in [0.1, 0.15) is 0 Å².